The molecule has 1 fully saturated rings. The molecule has 0 aliphatic carbocycles. The Labute approximate surface area is 163 Å². The second-order valence-electron chi connectivity index (χ2n) is 7.31. The monoisotopic (exact) mass is 381 g/mol. The third-order valence-electron chi connectivity index (χ3n) is 5.15. The minimum Gasteiger partial charge on any atom is -0.369 e. The third kappa shape index (κ3) is 4.54. The fraction of sp³-hybridized carbons (Fsp3) is 0.381. The van der Waals surface area contributed by atoms with Crippen molar-refractivity contribution in [1.82, 2.24) is 20.0 Å². The molecule has 1 aromatic carbocycles. The number of piperidine rings is 1. The van der Waals surface area contributed by atoms with Crippen molar-refractivity contribution >= 4 is 5.82 Å². The first-order valence-corrected chi connectivity index (χ1v) is 9.70. The van der Waals surface area contributed by atoms with Gasteiger partial charge in [-0.1, -0.05) is 12.1 Å². The van der Waals surface area contributed by atoms with Crippen molar-refractivity contribution in [2.24, 2.45) is 5.92 Å². The Bertz CT molecular complexity index is 886. The number of nitrogens with one attached hydrogen (secondary N) is 1. The highest BCUT2D eigenvalue weighted by Gasteiger charge is 2.15. The maximum Gasteiger partial charge on any atom is 0.259 e. The number of likely N-dealkylation sites (tertiary alicyclic amines) is 1. The zero-order valence-corrected chi connectivity index (χ0v) is 15.9. The van der Waals surface area contributed by atoms with E-state index in [0.717, 1.165) is 30.4 Å². The highest BCUT2D eigenvalue weighted by molar-refractivity contribution is 5.60. The summed E-state index contributed by atoms with van der Waals surface area (Å²) in [6, 6.07) is 9.81. The number of hydrogen-bond donors (Lipinski definition) is 1. The molecule has 0 bridgehead atoms. The molecule has 1 saturated heterocycles. The molecule has 28 heavy (non-hydrogen) atoms. The van der Waals surface area contributed by atoms with Crippen molar-refractivity contribution in [3.63, 3.8) is 0 Å². The van der Waals surface area contributed by atoms with E-state index in [1.165, 1.54) is 38.1 Å². The van der Waals surface area contributed by atoms with Gasteiger partial charge in [0, 0.05) is 24.8 Å². The predicted molar refractivity (Wildman–Crippen MR) is 106 cm³/mol. The molecular formula is C21H24FN5O. The molecule has 146 valence electrons. The van der Waals surface area contributed by atoms with Gasteiger partial charge in [-0.05, 0) is 68.2 Å². The minimum atomic E-state index is -0.297. The molecule has 0 radical (unpaired) electrons. The summed E-state index contributed by atoms with van der Waals surface area (Å²) in [5, 5.41) is 7.33. The Kier molecular flexibility index (Phi) is 5.62. The Balaban J connectivity index is 1.32. The van der Waals surface area contributed by atoms with Crippen LogP contribution in [0.5, 0.6) is 0 Å². The molecule has 3 heterocycles. The Morgan fingerprint density at radius 1 is 1.11 bits per heavy atom. The van der Waals surface area contributed by atoms with Gasteiger partial charge in [-0.25, -0.2) is 9.37 Å². The third-order valence-corrected chi connectivity index (χ3v) is 5.15. The molecule has 3 aromatic rings. The van der Waals surface area contributed by atoms with Crippen LogP contribution in [0.1, 0.15) is 19.8 Å². The van der Waals surface area contributed by atoms with Crippen LogP contribution in [0.15, 0.2) is 47.1 Å². The molecule has 1 aliphatic heterocycles. The lowest BCUT2D eigenvalue weighted by Crippen LogP contribution is -2.36. The number of hydrogen-bond acceptors (Lipinski definition) is 6. The van der Waals surface area contributed by atoms with Gasteiger partial charge < -0.3 is 14.7 Å². The van der Waals surface area contributed by atoms with Gasteiger partial charge in [-0.2, -0.15) is 4.98 Å². The van der Waals surface area contributed by atoms with Gasteiger partial charge in [0.25, 0.3) is 5.89 Å². The topological polar surface area (TPSA) is 67.1 Å². The number of benzene rings is 1. The van der Waals surface area contributed by atoms with Gasteiger partial charge in [0.15, 0.2) is 0 Å². The zero-order chi connectivity index (χ0) is 19.3. The number of halogens is 1. The van der Waals surface area contributed by atoms with E-state index >= 15 is 0 Å². The Morgan fingerprint density at radius 3 is 2.57 bits per heavy atom. The molecule has 0 saturated carbocycles. The van der Waals surface area contributed by atoms with E-state index in [-0.39, 0.29) is 5.82 Å². The van der Waals surface area contributed by atoms with Crippen molar-refractivity contribution < 1.29 is 8.91 Å². The van der Waals surface area contributed by atoms with E-state index in [4.69, 9.17) is 4.52 Å². The lowest BCUT2D eigenvalue weighted by atomic mass is 9.99. The summed E-state index contributed by atoms with van der Waals surface area (Å²) in [5.41, 5.74) is 1.45. The SMILES string of the molecule is CC1CCN(CCNc2ccc(-c3nc(-c4ccc(F)cc4)no3)cn2)CC1. The molecule has 1 N–H and O–H groups in total. The lowest BCUT2D eigenvalue weighted by Gasteiger charge is -2.30. The molecule has 2 aromatic heterocycles. The smallest absolute Gasteiger partial charge is 0.259 e. The fourth-order valence-corrected chi connectivity index (χ4v) is 3.31. The maximum atomic E-state index is 13.0. The van der Waals surface area contributed by atoms with Crippen LogP contribution in [0.3, 0.4) is 0 Å². The van der Waals surface area contributed by atoms with Crippen molar-refractivity contribution in [2.45, 2.75) is 19.8 Å². The van der Waals surface area contributed by atoms with Gasteiger partial charge in [0.2, 0.25) is 5.82 Å². The first-order chi connectivity index (χ1) is 13.7. The highest BCUT2D eigenvalue weighted by atomic mass is 19.1. The number of rotatable bonds is 6. The number of nitrogens with zero attached hydrogens (tertiary/aromatic N) is 4. The molecule has 1 aliphatic rings. The van der Waals surface area contributed by atoms with E-state index in [2.05, 4.69) is 32.3 Å². The van der Waals surface area contributed by atoms with Crippen LogP contribution in [-0.2, 0) is 0 Å². The maximum absolute atomic E-state index is 13.0. The van der Waals surface area contributed by atoms with Crippen LogP contribution in [0.25, 0.3) is 22.8 Å². The summed E-state index contributed by atoms with van der Waals surface area (Å²) in [6.45, 7) is 6.59. The minimum absolute atomic E-state index is 0.297. The number of anilines is 1. The summed E-state index contributed by atoms with van der Waals surface area (Å²) in [4.78, 5) is 11.3. The highest BCUT2D eigenvalue weighted by Crippen LogP contribution is 2.22. The standard InChI is InChI=1S/C21H24FN5O/c1-15-8-11-27(12-9-15)13-10-23-19-7-4-17(14-24-19)21-25-20(26-28-21)16-2-5-18(22)6-3-16/h2-7,14-15H,8-13H2,1H3,(H,23,24). The molecule has 7 heteroatoms. The van der Waals surface area contributed by atoms with Gasteiger partial charge in [0.1, 0.15) is 11.6 Å². The summed E-state index contributed by atoms with van der Waals surface area (Å²) in [7, 11) is 0. The van der Waals surface area contributed by atoms with Crippen molar-refractivity contribution in [3.8, 4) is 22.8 Å². The van der Waals surface area contributed by atoms with Gasteiger partial charge >= 0.3 is 0 Å². The van der Waals surface area contributed by atoms with E-state index in [9.17, 15) is 4.39 Å². The molecular weight excluding hydrogens is 357 g/mol. The predicted octanol–water partition coefficient (Wildman–Crippen LogP) is 4.08. The van der Waals surface area contributed by atoms with E-state index in [1.54, 1.807) is 18.3 Å². The van der Waals surface area contributed by atoms with Crippen molar-refractivity contribution in [2.75, 3.05) is 31.5 Å². The average molecular weight is 381 g/mol. The zero-order valence-electron chi connectivity index (χ0n) is 15.9. The normalized spacial score (nSPS) is 15.6. The largest absolute Gasteiger partial charge is 0.369 e. The lowest BCUT2D eigenvalue weighted by molar-refractivity contribution is 0.199. The molecule has 0 atom stereocenters. The van der Waals surface area contributed by atoms with E-state index in [1.807, 2.05) is 12.1 Å². The molecule has 0 unspecified atom stereocenters. The summed E-state index contributed by atoms with van der Waals surface area (Å²) in [6.07, 6.45) is 4.29. The molecule has 0 amide bonds. The molecule has 6 nitrogen and oxygen atoms in total. The van der Waals surface area contributed by atoms with Crippen LogP contribution < -0.4 is 5.32 Å². The van der Waals surface area contributed by atoms with Crippen LogP contribution >= 0.6 is 0 Å². The van der Waals surface area contributed by atoms with Crippen LogP contribution in [0.4, 0.5) is 10.2 Å². The quantitative estimate of drug-likeness (QED) is 0.694. The van der Waals surface area contributed by atoms with Gasteiger partial charge in [-0.3, -0.25) is 0 Å². The summed E-state index contributed by atoms with van der Waals surface area (Å²) < 4.78 is 18.4. The van der Waals surface area contributed by atoms with Crippen LogP contribution in [0, 0.1) is 11.7 Å². The Hall–Kier alpha value is -2.80. The van der Waals surface area contributed by atoms with Crippen LogP contribution in [0.2, 0.25) is 0 Å². The number of aromatic nitrogens is 3. The summed E-state index contributed by atoms with van der Waals surface area (Å²) >= 11 is 0. The number of pyridine rings is 1. The molecule has 4 rings (SSSR count). The van der Waals surface area contributed by atoms with Gasteiger partial charge in [0.05, 0.1) is 5.56 Å². The molecule has 0 spiro atoms. The average Bonchev–Trinajstić information content (AvgIpc) is 3.21. The van der Waals surface area contributed by atoms with E-state index < -0.39 is 0 Å². The van der Waals surface area contributed by atoms with Crippen LogP contribution in [-0.4, -0.2) is 46.2 Å². The summed E-state index contributed by atoms with van der Waals surface area (Å²) in [5.74, 6) is 2.20. The first kappa shape index (κ1) is 18.6. The Morgan fingerprint density at radius 2 is 1.86 bits per heavy atom. The van der Waals surface area contributed by atoms with E-state index in [0.29, 0.717) is 17.3 Å². The van der Waals surface area contributed by atoms with Crippen molar-refractivity contribution in [1.29, 1.82) is 0 Å². The first-order valence-electron chi connectivity index (χ1n) is 9.70. The second-order valence-corrected chi connectivity index (χ2v) is 7.31. The second kappa shape index (κ2) is 8.48. The fourth-order valence-electron chi connectivity index (χ4n) is 3.31. The van der Waals surface area contributed by atoms with Crippen molar-refractivity contribution in [3.05, 3.63) is 48.4 Å². The van der Waals surface area contributed by atoms with Gasteiger partial charge in [-0.15, -0.1) is 0 Å².